The smallest absolute Gasteiger partial charge is 0.156 e. The Hall–Kier alpha value is -2.87. The number of rotatable bonds is 4. The monoisotopic (exact) mass is 356 g/mol. The fourth-order valence-electron chi connectivity index (χ4n) is 2.99. The maximum atomic E-state index is 14.2. The molecule has 7 nitrogen and oxygen atoms in total. The fraction of sp³-hybridized carbons (Fsp3) is 0.333. The number of fused-ring (bicyclic) bond motifs is 1. The summed E-state index contributed by atoms with van der Waals surface area (Å²) in [6.07, 6.45) is 1.70. The first-order chi connectivity index (χ1) is 12.6. The average Bonchev–Trinajstić information content (AvgIpc) is 3.04. The Morgan fingerprint density at radius 3 is 2.73 bits per heavy atom. The molecule has 136 valence electrons. The summed E-state index contributed by atoms with van der Waals surface area (Å²) in [7, 11) is 3.86. The number of hydrogen-bond donors (Lipinski definition) is 1. The average molecular weight is 356 g/mol. The second kappa shape index (κ2) is 6.80. The second-order valence-electron chi connectivity index (χ2n) is 6.42. The van der Waals surface area contributed by atoms with Crippen LogP contribution in [0.3, 0.4) is 0 Å². The quantitative estimate of drug-likeness (QED) is 0.775. The maximum absolute atomic E-state index is 14.2. The van der Waals surface area contributed by atoms with Crippen LogP contribution in [0.15, 0.2) is 36.5 Å². The van der Waals surface area contributed by atoms with Crippen molar-refractivity contribution in [3.8, 4) is 0 Å². The number of nitrogens with zero attached hydrogens (tertiary/aromatic N) is 5. The molecule has 4 rings (SSSR count). The van der Waals surface area contributed by atoms with Crippen LogP contribution in [0.4, 0.5) is 27.4 Å². The Labute approximate surface area is 151 Å². The lowest BCUT2D eigenvalue weighted by atomic mass is 10.2. The molecule has 1 fully saturated rings. The molecule has 0 aliphatic carbocycles. The number of aromatic nitrogens is 3. The van der Waals surface area contributed by atoms with Crippen molar-refractivity contribution in [2.75, 3.05) is 55.5 Å². The van der Waals surface area contributed by atoms with Gasteiger partial charge in [-0.3, -0.25) is 0 Å². The van der Waals surface area contributed by atoms with Crippen LogP contribution >= 0.6 is 0 Å². The molecule has 0 atom stereocenters. The molecule has 1 aromatic carbocycles. The summed E-state index contributed by atoms with van der Waals surface area (Å²) in [4.78, 5) is 8.39. The van der Waals surface area contributed by atoms with Crippen molar-refractivity contribution in [1.29, 1.82) is 0 Å². The van der Waals surface area contributed by atoms with Gasteiger partial charge < -0.3 is 19.9 Å². The highest BCUT2D eigenvalue weighted by Crippen LogP contribution is 2.26. The second-order valence-corrected chi connectivity index (χ2v) is 6.42. The maximum Gasteiger partial charge on any atom is 0.156 e. The molecule has 0 amide bonds. The van der Waals surface area contributed by atoms with Gasteiger partial charge in [-0.05, 0) is 30.3 Å². The summed E-state index contributed by atoms with van der Waals surface area (Å²) in [6, 6.07) is 8.76. The minimum absolute atomic E-state index is 0.285. The summed E-state index contributed by atoms with van der Waals surface area (Å²) < 4.78 is 21.2. The number of benzene rings is 1. The van der Waals surface area contributed by atoms with Crippen molar-refractivity contribution in [2.45, 2.75) is 0 Å². The van der Waals surface area contributed by atoms with Gasteiger partial charge in [0, 0.05) is 38.6 Å². The molecule has 0 saturated carbocycles. The van der Waals surface area contributed by atoms with Gasteiger partial charge in [0.05, 0.1) is 19.4 Å². The van der Waals surface area contributed by atoms with Crippen molar-refractivity contribution in [2.24, 2.45) is 0 Å². The van der Waals surface area contributed by atoms with Crippen LogP contribution in [0.25, 0.3) is 5.65 Å². The highest BCUT2D eigenvalue weighted by molar-refractivity contribution is 5.65. The number of ether oxygens (including phenoxy) is 1. The van der Waals surface area contributed by atoms with Crippen LogP contribution in [0.1, 0.15) is 0 Å². The van der Waals surface area contributed by atoms with Gasteiger partial charge in [-0.25, -0.2) is 9.37 Å². The zero-order valence-electron chi connectivity index (χ0n) is 14.8. The van der Waals surface area contributed by atoms with E-state index < -0.39 is 0 Å². The molecule has 1 saturated heterocycles. The van der Waals surface area contributed by atoms with E-state index >= 15 is 0 Å². The van der Waals surface area contributed by atoms with Crippen LogP contribution in [0.5, 0.6) is 0 Å². The first-order valence-electron chi connectivity index (χ1n) is 8.52. The van der Waals surface area contributed by atoms with E-state index in [2.05, 4.69) is 20.3 Å². The van der Waals surface area contributed by atoms with Crippen molar-refractivity contribution < 1.29 is 9.13 Å². The predicted octanol–water partition coefficient (Wildman–Crippen LogP) is 2.51. The number of nitrogens with one attached hydrogen (secondary N) is 1. The molecule has 0 radical (unpaired) electrons. The molecular formula is C18H21FN6O. The van der Waals surface area contributed by atoms with E-state index in [0.29, 0.717) is 24.7 Å². The lowest BCUT2D eigenvalue weighted by Crippen LogP contribution is -2.36. The number of halogens is 1. The van der Waals surface area contributed by atoms with E-state index in [4.69, 9.17) is 4.74 Å². The molecule has 1 N–H and O–H groups in total. The van der Waals surface area contributed by atoms with Crippen LogP contribution in [-0.2, 0) is 4.74 Å². The standard InChI is InChI=1S/C18H21FN6O/c1-23(2)17-4-3-16-20-12-18(25(16)22-17)21-14-9-13(19)10-15(11-14)24-5-7-26-8-6-24/h3-4,9-12,21H,5-8H2,1-2H3. The van der Waals surface area contributed by atoms with Crippen LogP contribution < -0.4 is 15.1 Å². The molecule has 0 spiro atoms. The van der Waals surface area contributed by atoms with Gasteiger partial charge in [0.25, 0.3) is 0 Å². The third-order valence-corrected chi connectivity index (χ3v) is 4.34. The zero-order valence-corrected chi connectivity index (χ0v) is 14.8. The molecule has 2 aromatic heterocycles. The number of anilines is 4. The number of morpholine rings is 1. The molecule has 1 aliphatic heterocycles. The zero-order chi connectivity index (χ0) is 18.1. The lowest BCUT2D eigenvalue weighted by Gasteiger charge is -2.29. The van der Waals surface area contributed by atoms with E-state index in [1.165, 1.54) is 6.07 Å². The van der Waals surface area contributed by atoms with Gasteiger partial charge in [-0.2, -0.15) is 4.52 Å². The van der Waals surface area contributed by atoms with Crippen molar-refractivity contribution in [1.82, 2.24) is 14.6 Å². The topological polar surface area (TPSA) is 57.9 Å². The summed E-state index contributed by atoms with van der Waals surface area (Å²) >= 11 is 0. The Bertz CT molecular complexity index is 919. The van der Waals surface area contributed by atoms with Crippen molar-refractivity contribution in [3.05, 3.63) is 42.3 Å². The number of imidazole rings is 1. The molecular weight excluding hydrogens is 335 g/mol. The summed E-state index contributed by atoms with van der Waals surface area (Å²) in [6.45, 7) is 2.83. The third-order valence-electron chi connectivity index (χ3n) is 4.34. The van der Waals surface area contributed by atoms with Crippen molar-refractivity contribution in [3.63, 3.8) is 0 Å². The normalized spacial score (nSPS) is 14.7. The van der Waals surface area contributed by atoms with Gasteiger partial charge in [0.2, 0.25) is 0 Å². The van der Waals surface area contributed by atoms with E-state index in [-0.39, 0.29) is 5.82 Å². The van der Waals surface area contributed by atoms with Gasteiger partial charge in [-0.1, -0.05) is 0 Å². The van der Waals surface area contributed by atoms with Gasteiger partial charge >= 0.3 is 0 Å². The third kappa shape index (κ3) is 3.28. The molecule has 3 aromatic rings. The minimum atomic E-state index is -0.285. The van der Waals surface area contributed by atoms with E-state index in [9.17, 15) is 4.39 Å². The molecule has 0 bridgehead atoms. The van der Waals surface area contributed by atoms with Crippen LogP contribution in [-0.4, -0.2) is 55.0 Å². The molecule has 8 heteroatoms. The lowest BCUT2D eigenvalue weighted by molar-refractivity contribution is 0.122. The first-order valence-corrected chi connectivity index (χ1v) is 8.52. The minimum Gasteiger partial charge on any atom is -0.378 e. The highest BCUT2D eigenvalue weighted by atomic mass is 19.1. The Morgan fingerprint density at radius 1 is 1.15 bits per heavy atom. The molecule has 26 heavy (non-hydrogen) atoms. The Balaban J connectivity index is 1.65. The largest absolute Gasteiger partial charge is 0.378 e. The SMILES string of the molecule is CN(C)c1ccc2ncc(Nc3cc(F)cc(N4CCOCC4)c3)n2n1. The van der Waals surface area contributed by atoms with E-state index in [0.717, 1.165) is 30.2 Å². The Kier molecular flexibility index (Phi) is 4.34. The van der Waals surface area contributed by atoms with E-state index in [1.807, 2.05) is 37.2 Å². The molecule has 1 aliphatic rings. The summed E-state index contributed by atoms with van der Waals surface area (Å²) in [5.41, 5.74) is 2.22. The van der Waals surface area contributed by atoms with Gasteiger partial charge in [0.1, 0.15) is 11.6 Å². The highest BCUT2D eigenvalue weighted by Gasteiger charge is 2.14. The first kappa shape index (κ1) is 16.6. The molecule has 3 heterocycles. The van der Waals surface area contributed by atoms with Gasteiger partial charge in [-0.15, -0.1) is 5.10 Å². The van der Waals surface area contributed by atoms with Crippen LogP contribution in [0, 0.1) is 5.82 Å². The fourth-order valence-corrected chi connectivity index (χ4v) is 2.99. The summed E-state index contributed by atoms with van der Waals surface area (Å²) in [5, 5.41) is 7.80. The van der Waals surface area contributed by atoms with Gasteiger partial charge in [0.15, 0.2) is 11.5 Å². The van der Waals surface area contributed by atoms with Crippen molar-refractivity contribution >= 4 is 28.7 Å². The van der Waals surface area contributed by atoms with E-state index in [1.54, 1.807) is 16.8 Å². The predicted molar refractivity (Wildman–Crippen MR) is 100 cm³/mol. The molecule has 0 unspecified atom stereocenters. The van der Waals surface area contributed by atoms with Crippen LogP contribution in [0.2, 0.25) is 0 Å². The summed E-state index contributed by atoms with van der Waals surface area (Å²) in [5.74, 6) is 1.21. The Morgan fingerprint density at radius 2 is 1.96 bits per heavy atom. The number of hydrogen-bond acceptors (Lipinski definition) is 6.